The highest BCUT2D eigenvalue weighted by Crippen LogP contribution is 2.33. The molecule has 2 aliphatic heterocycles. The van der Waals surface area contributed by atoms with Gasteiger partial charge in [0, 0.05) is 18.8 Å². The summed E-state index contributed by atoms with van der Waals surface area (Å²) in [4.78, 5) is 2.21. The average molecular weight is 282 g/mol. The van der Waals surface area contributed by atoms with Gasteiger partial charge in [0.2, 0.25) is 0 Å². The molecule has 5 nitrogen and oxygen atoms in total. The molecule has 2 aliphatic rings. The fourth-order valence-electron chi connectivity index (χ4n) is 2.89. The fraction of sp³-hybridized carbons (Fsp3) is 0.462. The summed E-state index contributed by atoms with van der Waals surface area (Å²) in [5.74, 6) is 0.0411. The number of nitrogens with zero attached hydrogens (tertiary/aromatic N) is 2. The van der Waals surface area contributed by atoms with E-state index in [1.54, 1.807) is 6.07 Å². The van der Waals surface area contributed by atoms with E-state index in [9.17, 15) is 0 Å². The molecule has 2 saturated heterocycles. The number of rotatable bonds is 2. The van der Waals surface area contributed by atoms with Crippen LogP contribution in [0, 0.1) is 0 Å². The van der Waals surface area contributed by atoms with Crippen molar-refractivity contribution in [3.05, 3.63) is 28.8 Å². The number of fused-ring (bicyclic) bond motifs is 2. The molecule has 3 N–H and O–H groups in total. The molecule has 2 atom stereocenters. The lowest BCUT2D eigenvalue weighted by molar-refractivity contribution is 0.0305. The van der Waals surface area contributed by atoms with E-state index in [4.69, 9.17) is 27.3 Å². The molecule has 0 aliphatic carbocycles. The molecule has 19 heavy (non-hydrogen) atoms. The highest BCUT2D eigenvalue weighted by Gasteiger charge is 2.34. The van der Waals surface area contributed by atoms with Crippen LogP contribution in [0.4, 0.5) is 5.69 Å². The predicted molar refractivity (Wildman–Crippen MR) is 74.1 cm³/mol. The molecular formula is C13H16ClN3O2. The molecule has 0 radical (unpaired) electrons. The third-order valence-corrected chi connectivity index (χ3v) is 4.05. The molecule has 0 amide bonds. The zero-order valence-corrected chi connectivity index (χ0v) is 11.2. The number of morpholine rings is 1. The predicted octanol–water partition coefficient (Wildman–Crippen LogP) is 1.80. The summed E-state index contributed by atoms with van der Waals surface area (Å²) in [6.07, 6.45) is 2.75. The van der Waals surface area contributed by atoms with E-state index >= 15 is 0 Å². The minimum Gasteiger partial charge on any atom is -0.409 e. The van der Waals surface area contributed by atoms with Crippen LogP contribution in [-0.4, -0.2) is 36.3 Å². The Bertz CT molecular complexity index is 509. The van der Waals surface area contributed by atoms with Gasteiger partial charge in [-0.2, -0.15) is 0 Å². The Balaban J connectivity index is 1.98. The summed E-state index contributed by atoms with van der Waals surface area (Å²) >= 11 is 6.18. The van der Waals surface area contributed by atoms with Gasteiger partial charge in [-0.15, -0.1) is 0 Å². The number of oxime groups is 1. The molecule has 2 unspecified atom stereocenters. The van der Waals surface area contributed by atoms with Crippen molar-refractivity contribution in [2.24, 2.45) is 10.9 Å². The lowest BCUT2D eigenvalue weighted by Gasteiger charge is -2.35. The van der Waals surface area contributed by atoms with Crippen molar-refractivity contribution in [3.8, 4) is 0 Å². The number of amidine groups is 1. The molecular weight excluding hydrogens is 266 g/mol. The maximum absolute atomic E-state index is 8.91. The smallest absolute Gasteiger partial charge is 0.173 e. The van der Waals surface area contributed by atoms with Gasteiger partial charge in [-0.25, -0.2) is 0 Å². The van der Waals surface area contributed by atoms with Crippen molar-refractivity contribution in [3.63, 3.8) is 0 Å². The summed E-state index contributed by atoms with van der Waals surface area (Å²) in [7, 11) is 0. The van der Waals surface area contributed by atoms with Gasteiger partial charge in [0.15, 0.2) is 5.84 Å². The number of anilines is 1. The number of halogens is 1. The van der Waals surface area contributed by atoms with E-state index in [1.807, 2.05) is 12.1 Å². The van der Waals surface area contributed by atoms with E-state index in [2.05, 4.69) is 10.1 Å². The van der Waals surface area contributed by atoms with Gasteiger partial charge in [-0.1, -0.05) is 22.8 Å². The minimum absolute atomic E-state index is 0.0411. The van der Waals surface area contributed by atoms with E-state index < -0.39 is 0 Å². The van der Waals surface area contributed by atoms with E-state index in [0.29, 0.717) is 10.6 Å². The molecule has 0 spiro atoms. The van der Waals surface area contributed by atoms with Gasteiger partial charge in [0.05, 0.1) is 22.8 Å². The maximum Gasteiger partial charge on any atom is 0.173 e. The first-order chi connectivity index (χ1) is 9.19. The average Bonchev–Trinajstić information content (AvgIpc) is 2.76. The first-order valence-electron chi connectivity index (χ1n) is 6.36. The van der Waals surface area contributed by atoms with Crippen molar-refractivity contribution in [2.45, 2.75) is 25.0 Å². The van der Waals surface area contributed by atoms with E-state index in [1.165, 1.54) is 0 Å². The van der Waals surface area contributed by atoms with Crippen LogP contribution >= 0.6 is 11.6 Å². The summed E-state index contributed by atoms with van der Waals surface area (Å²) in [6, 6.07) is 5.57. The molecule has 0 saturated carbocycles. The van der Waals surface area contributed by atoms with E-state index in [-0.39, 0.29) is 18.0 Å². The number of nitrogens with two attached hydrogens (primary N) is 1. The van der Waals surface area contributed by atoms with Crippen LogP contribution in [0.2, 0.25) is 5.02 Å². The van der Waals surface area contributed by atoms with Gasteiger partial charge >= 0.3 is 0 Å². The highest BCUT2D eigenvalue weighted by atomic mass is 35.5. The molecule has 1 aromatic carbocycles. The topological polar surface area (TPSA) is 71.1 Å². The standard InChI is InChI=1S/C13H16ClN3O2/c14-10-2-1-3-11(12(10)13(15)16-18)17-6-8-4-5-9(7-17)19-8/h1-3,8-9,18H,4-7H2,(H2,15,16). The Kier molecular flexibility index (Phi) is 3.24. The molecule has 0 aromatic heterocycles. The number of benzene rings is 1. The first kappa shape index (κ1) is 12.6. The second-order valence-electron chi connectivity index (χ2n) is 4.98. The number of hydrogen-bond donors (Lipinski definition) is 2. The largest absolute Gasteiger partial charge is 0.409 e. The molecule has 1 aromatic rings. The van der Waals surface area contributed by atoms with Crippen molar-refractivity contribution in [2.75, 3.05) is 18.0 Å². The Morgan fingerprint density at radius 1 is 1.37 bits per heavy atom. The summed E-state index contributed by atoms with van der Waals surface area (Å²) in [6.45, 7) is 1.64. The minimum atomic E-state index is 0.0411. The molecule has 102 valence electrons. The summed E-state index contributed by atoms with van der Waals surface area (Å²) < 4.78 is 5.82. The number of ether oxygens (including phenoxy) is 1. The van der Waals surface area contributed by atoms with Crippen molar-refractivity contribution >= 4 is 23.1 Å². The zero-order valence-electron chi connectivity index (χ0n) is 10.4. The van der Waals surface area contributed by atoms with Gasteiger partial charge in [-0.3, -0.25) is 0 Å². The third-order valence-electron chi connectivity index (χ3n) is 3.74. The Morgan fingerprint density at radius 3 is 2.68 bits per heavy atom. The summed E-state index contributed by atoms with van der Waals surface area (Å²) in [5, 5.41) is 12.5. The normalized spacial score (nSPS) is 26.8. The van der Waals surface area contributed by atoms with Crippen LogP contribution in [0.3, 0.4) is 0 Å². The number of hydrogen-bond acceptors (Lipinski definition) is 4. The Morgan fingerprint density at radius 2 is 2.05 bits per heavy atom. The van der Waals surface area contributed by atoms with Gasteiger partial charge in [0.25, 0.3) is 0 Å². The SMILES string of the molecule is NC(=NO)c1c(Cl)cccc1N1CC2CCC(C1)O2. The Hall–Kier alpha value is -1.46. The van der Waals surface area contributed by atoms with Crippen LogP contribution in [0.25, 0.3) is 0 Å². The lowest BCUT2D eigenvalue weighted by Crippen LogP contribution is -2.43. The van der Waals surface area contributed by atoms with Crippen molar-refractivity contribution < 1.29 is 9.94 Å². The molecule has 2 bridgehead atoms. The molecule has 2 heterocycles. The van der Waals surface area contributed by atoms with Gasteiger partial charge in [0.1, 0.15) is 0 Å². The van der Waals surface area contributed by atoms with Gasteiger partial charge in [-0.05, 0) is 25.0 Å². The van der Waals surface area contributed by atoms with Crippen molar-refractivity contribution in [1.82, 2.24) is 0 Å². The van der Waals surface area contributed by atoms with Gasteiger partial charge < -0.3 is 20.6 Å². The van der Waals surface area contributed by atoms with Crippen LogP contribution in [0.1, 0.15) is 18.4 Å². The maximum atomic E-state index is 8.91. The second kappa shape index (κ2) is 4.90. The van der Waals surface area contributed by atoms with Crippen LogP contribution in [-0.2, 0) is 4.74 Å². The first-order valence-corrected chi connectivity index (χ1v) is 6.73. The molecule has 2 fully saturated rings. The van der Waals surface area contributed by atoms with Crippen molar-refractivity contribution in [1.29, 1.82) is 0 Å². The Labute approximate surface area is 116 Å². The third kappa shape index (κ3) is 2.24. The van der Waals surface area contributed by atoms with Crippen LogP contribution in [0.5, 0.6) is 0 Å². The van der Waals surface area contributed by atoms with Crippen LogP contribution in [0.15, 0.2) is 23.4 Å². The summed E-state index contributed by atoms with van der Waals surface area (Å²) in [5.41, 5.74) is 7.24. The molecule has 6 heteroatoms. The quantitative estimate of drug-likeness (QED) is 0.375. The fourth-order valence-corrected chi connectivity index (χ4v) is 3.16. The molecule has 3 rings (SSSR count). The van der Waals surface area contributed by atoms with Crippen LogP contribution < -0.4 is 10.6 Å². The highest BCUT2D eigenvalue weighted by molar-refractivity contribution is 6.34. The van der Waals surface area contributed by atoms with E-state index in [0.717, 1.165) is 31.6 Å². The zero-order chi connectivity index (χ0) is 13.4. The second-order valence-corrected chi connectivity index (χ2v) is 5.39. The lowest BCUT2D eigenvalue weighted by atomic mass is 10.1. The monoisotopic (exact) mass is 281 g/mol.